The van der Waals surface area contributed by atoms with Crippen LogP contribution in [-0.4, -0.2) is 37.4 Å². The van der Waals surface area contributed by atoms with Crippen molar-refractivity contribution in [2.45, 2.75) is 13.3 Å². The topological polar surface area (TPSA) is 58.6 Å². The molecule has 126 valence electrons. The number of ether oxygens (including phenoxy) is 1. The van der Waals surface area contributed by atoms with Crippen molar-refractivity contribution in [3.63, 3.8) is 0 Å². The number of carbonyl (C=O) groups is 2. The molecule has 24 heavy (non-hydrogen) atoms. The summed E-state index contributed by atoms with van der Waals surface area (Å²) in [5, 5.41) is 2.76. The van der Waals surface area contributed by atoms with E-state index in [2.05, 4.69) is 5.32 Å². The van der Waals surface area contributed by atoms with E-state index in [1.807, 2.05) is 31.2 Å². The molecule has 0 atom stereocenters. The Kier molecular flexibility index (Phi) is 5.95. The quantitative estimate of drug-likeness (QED) is 0.888. The largest absolute Gasteiger partial charge is 0.497 e. The fraction of sp³-hybridized carbons (Fsp3) is 0.263. The third-order valence-electron chi connectivity index (χ3n) is 3.64. The molecule has 0 heterocycles. The molecule has 0 radical (unpaired) electrons. The summed E-state index contributed by atoms with van der Waals surface area (Å²) in [5.41, 5.74) is 2.72. The van der Waals surface area contributed by atoms with Crippen LogP contribution in [0.1, 0.15) is 11.1 Å². The average molecular weight is 326 g/mol. The number of rotatable bonds is 6. The first-order chi connectivity index (χ1) is 11.5. The molecule has 2 amide bonds. The van der Waals surface area contributed by atoms with E-state index in [1.54, 1.807) is 38.4 Å². The van der Waals surface area contributed by atoms with Crippen molar-refractivity contribution in [2.24, 2.45) is 0 Å². The molecule has 5 nitrogen and oxygen atoms in total. The molecule has 0 fully saturated rings. The SMILES string of the molecule is COc1cccc(NC(=O)CN(C)C(=O)Cc2ccc(C)cc2)c1. The molecule has 0 saturated heterocycles. The number of carbonyl (C=O) groups excluding carboxylic acids is 2. The van der Waals surface area contributed by atoms with E-state index in [0.717, 1.165) is 11.1 Å². The lowest BCUT2D eigenvalue weighted by atomic mass is 10.1. The van der Waals surface area contributed by atoms with Crippen LogP contribution in [0.3, 0.4) is 0 Å². The molecular weight excluding hydrogens is 304 g/mol. The fourth-order valence-electron chi connectivity index (χ4n) is 2.22. The van der Waals surface area contributed by atoms with Crippen LogP contribution in [0.2, 0.25) is 0 Å². The zero-order valence-electron chi connectivity index (χ0n) is 14.2. The van der Waals surface area contributed by atoms with Crippen LogP contribution in [-0.2, 0) is 16.0 Å². The number of hydrogen-bond donors (Lipinski definition) is 1. The minimum absolute atomic E-state index is 0.00189. The zero-order chi connectivity index (χ0) is 17.5. The first-order valence-electron chi connectivity index (χ1n) is 7.71. The smallest absolute Gasteiger partial charge is 0.243 e. The second kappa shape index (κ2) is 8.15. The molecular formula is C19H22N2O3. The van der Waals surface area contributed by atoms with Gasteiger partial charge in [-0.3, -0.25) is 9.59 Å². The monoisotopic (exact) mass is 326 g/mol. The van der Waals surface area contributed by atoms with Crippen molar-refractivity contribution in [2.75, 3.05) is 26.0 Å². The molecule has 5 heteroatoms. The number of amides is 2. The van der Waals surface area contributed by atoms with Crippen LogP contribution < -0.4 is 10.1 Å². The highest BCUT2D eigenvalue weighted by molar-refractivity contribution is 5.94. The van der Waals surface area contributed by atoms with Crippen LogP contribution in [0.5, 0.6) is 5.75 Å². The number of nitrogens with one attached hydrogen (secondary N) is 1. The van der Waals surface area contributed by atoms with Crippen LogP contribution in [0, 0.1) is 6.92 Å². The van der Waals surface area contributed by atoms with Crippen LogP contribution in [0.15, 0.2) is 48.5 Å². The molecule has 0 unspecified atom stereocenters. The number of hydrogen-bond acceptors (Lipinski definition) is 3. The van der Waals surface area contributed by atoms with Crippen molar-refractivity contribution in [1.82, 2.24) is 4.90 Å². The maximum Gasteiger partial charge on any atom is 0.243 e. The van der Waals surface area contributed by atoms with Crippen LogP contribution in [0.4, 0.5) is 5.69 Å². The predicted octanol–water partition coefficient (Wildman–Crippen LogP) is 2.64. The highest BCUT2D eigenvalue weighted by Gasteiger charge is 2.13. The first kappa shape index (κ1) is 17.5. The Morgan fingerprint density at radius 1 is 1.12 bits per heavy atom. The Hall–Kier alpha value is -2.82. The summed E-state index contributed by atoms with van der Waals surface area (Å²) in [5.74, 6) is 0.319. The Bertz CT molecular complexity index is 711. The Morgan fingerprint density at radius 2 is 1.83 bits per heavy atom. The minimum atomic E-state index is -0.247. The number of anilines is 1. The Morgan fingerprint density at radius 3 is 2.50 bits per heavy atom. The van der Waals surface area contributed by atoms with E-state index in [4.69, 9.17) is 4.74 Å². The van der Waals surface area contributed by atoms with Gasteiger partial charge in [-0.15, -0.1) is 0 Å². The summed E-state index contributed by atoms with van der Waals surface area (Å²) in [4.78, 5) is 25.7. The molecule has 1 N–H and O–H groups in total. The second-order valence-electron chi connectivity index (χ2n) is 5.69. The van der Waals surface area contributed by atoms with Gasteiger partial charge in [0.05, 0.1) is 20.1 Å². The summed E-state index contributed by atoms with van der Waals surface area (Å²) in [6.45, 7) is 2.00. The van der Waals surface area contributed by atoms with Gasteiger partial charge < -0.3 is 15.0 Å². The van der Waals surface area contributed by atoms with Gasteiger partial charge >= 0.3 is 0 Å². The van der Waals surface area contributed by atoms with Crippen LogP contribution >= 0.6 is 0 Å². The molecule has 2 aromatic rings. The highest BCUT2D eigenvalue weighted by Crippen LogP contribution is 2.16. The van der Waals surface area contributed by atoms with Gasteiger partial charge in [-0.2, -0.15) is 0 Å². The molecule has 0 spiro atoms. The van der Waals surface area contributed by atoms with Gasteiger partial charge in [0.25, 0.3) is 0 Å². The standard InChI is InChI=1S/C19H22N2O3/c1-14-7-9-15(10-8-14)11-19(23)21(2)13-18(22)20-16-5-4-6-17(12-16)24-3/h4-10,12H,11,13H2,1-3H3,(H,20,22). The van der Waals surface area contributed by atoms with Gasteiger partial charge in [0.15, 0.2) is 0 Å². The van der Waals surface area contributed by atoms with E-state index < -0.39 is 0 Å². The second-order valence-corrected chi connectivity index (χ2v) is 5.69. The number of benzene rings is 2. The summed E-state index contributed by atoms with van der Waals surface area (Å²) in [6, 6.07) is 14.9. The van der Waals surface area contributed by atoms with Gasteiger partial charge in [-0.1, -0.05) is 35.9 Å². The third-order valence-corrected chi connectivity index (χ3v) is 3.64. The Balaban J connectivity index is 1.88. The van der Waals surface area contributed by atoms with Crippen molar-refractivity contribution < 1.29 is 14.3 Å². The molecule has 0 bridgehead atoms. The first-order valence-corrected chi connectivity index (χ1v) is 7.71. The lowest BCUT2D eigenvalue weighted by Crippen LogP contribution is -2.35. The molecule has 0 aromatic heterocycles. The van der Waals surface area contributed by atoms with Gasteiger partial charge in [-0.05, 0) is 24.6 Å². The predicted molar refractivity (Wildman–Crippen MR) is 94.1 cm³/mol. The summed E-state index contributed by atoms with van der Waals surface area (Å²) in [7, 11) is 3.19. The fourth-order valence-corrected chi connectivity index (χ4v) is 2.22. The molecule has 0 aliphatic heterocycles. The third kappa shape index (κ3) is 5.12. The van der Waals surface area contributed by atoms with E-state index in [1.165, 1.54) is 4.90 Å². The highest BCUT2D eigenvalue weighted by atomic mass is 16.5. The van der Waals surface area contributed by atoms with E-state index in [0.29, 0.717) is 11.4 Å². The summed E-state index contributed by atoms with van der Waals surface area (Å²) in [6.07, 6.45) is 0.281. The van der Waals surface area contributed by atoms with Crippen molar-refractivity contribution >= 4 is 17.5 Å². The minimum Gasteiger partial charge on any atom is -0.497 e. The van der Waals surface area contributed by atoms with Gasteiger partial charge in [0.1, 0.15) is 5.75 Å². The molecule has 2 aromatic carbocycles. The number of nitrogens with zero attached hydrogens (tertiary/aromatic N) is 1. The normalized spacial score (nSPS) is 10.1. The number of aryl methyl sites for hydroxylation is 1. The maximum atomic E-state index is 12.2. The zero-order valence-corrected chi connectivity index (χ0v) is 14.2. The molecule has 0 aliphatic rings. The summed E-state index contributed by atoms with van der Waals surface area (Å²) < 4.78 is 5.11. The molecule has 2 rings (SSSR count). The number of methoxy groups -OCH3 is 1. The Labute approximate surface area is 142 Å². The van der Waals surface area contributed by atoms with Crippen molar-refractivity contribution in [1.29, 1.82) is 0 Å². The van der Waals surface area contributed by atoms with Gasteiger partial charge in [0.2, 0.25) is 11.8 Å². The van der Waals surface area contributed by atoms with E-state index in [9.17, 15) is 9.59 Å². The lowest BCUT2D eigenvalue weighted by Gasteiger charge is -2.17. The van der Waals surface area contributed by atoms with Crippen LogP contribution in [0.25, 0.3) is 0 Å². The number of likely N-dealkylation sites (N-methyl/N-ethyl adjacent to an activating group) is 1. The van der Waals surface area contributed by atoms with E-state index >= 15 is 0 Å². The molecule has 0 aliphatic carbocycles. The van der Waals surface area contributed by atoms with E-state index in [-0.39, 0.29) is 24.8 Å². The van der Waals surface area contributed by atoms with Gasteiger partial charge in [-0.25, -0.2) is 0 Å². The van der Waals surface area contributed by atoms with Gasteiger partial charge in [0, 0.05) is 18.8 Å². The van der Waals surface area contributed by atoms with Crippen molar-refractivity contribution in [3.8, 4) is 5.75 Å². The average Bonchev–Trinajstić information content (AvgIpc) is 2.56. The maximum absolute atomic E-state index is 12.2. The summed E-state index contributed by atoms with van der Waals surface area (Å²) >= 11 is 0. The van der Waals surface area contributed by atoms with Crippen molar-refractivity contribution in [3.05, 3.63) is 59.7 Å². The lowest BCUT2D eigenvalue weighted by molar-refractivity contribution is -0.132. The molecule has 0 saturated carbocycles.